The van der Waals surface area contributed by atoms with Crippen molar-refractivity contribution in [1.29, 1.82) is 0 Å². The molecule has 0 radical (unpaired) electrons. The number of likely N-dealkylation sites (tertiary alicyclic amines) is 1. The largest absolute Gasteiger partial charge is 0.349 e. The summed E-state index contributed by atoms with van der Waals surface area (Å²) in [5, 5.41) is 3.02. The topological polar surface area (TPSA) is 32.3 Å². The molecule has 3 heteroatoms. The lowest BCUT2D eigenvalue weighted by molar-refractivity contribution is -0.132. The lowest BCUT2D eigenvalue weighted by Gasteiger charge is -2.39. The molecule has 0 aromatic rings. The summed E-state index contributed by atoms with van der Waals surface area (Å²) in [4.78, 5) is 13.2. The molecule has 3 nitrogen and oxygen atoms in total. The fraction of sp³-hybridized carbons (Fsp3) is 0.889. The molecule has 2 aliphatic heterocycles. The van der Waals surface area contributed by atoms with E-state index in [0.717, 1.165) is 25.9 Å². The van der Waals surface area contributed by atoms with E-state index in [2.05, 4.69) is 24.1 Å². The normalized spacial score (nSPS) is 35.8. The van der Waals surface area contributed by atoms with Crippen LogP contribution in [0.5, 0.6) is 0 Å². The second-order valence-corrected chi connectivity index (χ2v) is 4.32. The van der Waals surface area contributed by atoms with Gasteiger partial charge < -0.3 is 5.32 Å². The smallest absolute Gasteiger partial charge is 0.222 e. The predicted octanol–water partition coefficient (Wildman–Crippen LogP) is 0.359. The first-order chi connectivity index (χ1) is 5.61. The molecule has 2 heterocycles. The van der Waals surface area contributed by atoms with Gasteiger partial charge in [-0.25, -0.2) is 0 Å². The summed E-state index contributed by atoms with van der Waals surface area (Å²) in [6.07, 6.45) is 1.88. The van der Waals surface area contributed by atoms with Crippen LogP contribution in [-0.4, -0.2) is 35.5 Å². The maximum Gasteiger partial charge on any atom is 0.222 e. The van der Waals surface area contributed by atoms with E-state index < -0.39 is 0 Å². The average molecular weight is 168 g/mol. The van der Waals surface area contributed by atoms with Crippen molar-refractivity contribution < 1.29 is 4.79 Å². The quantitative estimate of drug-likeness (QED) is 0.573. The van der Waals surface area contributed by atoms with Crippen molar-refractivity contribution in [3.63, 3.8) is 0 Å². The summed E-state index contributed by atoms with van der Waals surface area (Å²) < 4.78 is 0. The van der Waals surface area contributed by atoms with Gasteiger partial charge in [-0.15, -0.1) is 0 Å². The zero-order valence-corrected chi connectivity index (χ0v) is 7.76. The molecule has 1 N–H and O–H groups in total. The number of nitrogens with zero attached hydrogens (tertiary/aromatic N) is 1. The van der Waals surface area contributed by atoms with E-state index in [-0.39, 0.29) is 11.4 Å². The molecule has 2 aliphatic rings. The van der Waals surface area contributed by atoms with Crippen molar-refractivity contribution in [3.05, 3.63) is 0 Å². The molecule has 0 aliphatic carbocycles. The predicted molar refractivity (Wildman–Crippen MR) is 46.8 cm³/mol. The molecule has 1 atom stereocenters. The number of β-lactam (4-membered cyclic amide) rings is 1. The highest BCUT2D eigenvalue weighted by Crippen LogP contribution is 2.31. The van der Waals surface area contributed by atoms with Crippen LogP contribution >= 0.6 is 0 Å². The van der Waals surface area contributed by atoms with Crippen LogP contribution in [0.4, 0.5) is 0 Å². The van der Waals surface area contributed by atoms with Gasteiger partial charge in [0.15, 0.2) is 0 Å². The Morgan fingerprint density at radius 1 is 1.58 bits per heavy atom. The molecule has 1 amide bonds. The van der Waals surface area contributed by atoms with Crippen LogP contribution in [0.3, 0.4) is 0 Å². The lowest BCUT2D eigenvalue weighted by Crippen LogP contribution is -2.62. The second kappa shape index (κ2) is 2.46. The molecule has 2 fully saturated rings. The number of carbonyl (C=O) groups excluding carboxylic acids is 1. The van der Waals surface area contributed by atoms with Crippen molar-refractivity contribution in [2.45, 2.75) is 38.3 Å². The van der Waals surface area contributed by atoms with E-state index in [1.54, 1.807) is 0 Å². The molecule has 0 unspecified atom stereocenters. The maximum atomic E-state index is 10.8. The Hall–Kier alpha value is -0.570. The molecular weight excluding hydrogens is 152 g/mol. The van der Waals surface area contributed by atoms with Crippen molar-refractivity contribution in [3.8, 4) is 0 Å². The Morgan fingerprint density at radius 2 is 2.25 bits per heavy atom. The van der Waals surface area contributed by atoms with E-state index in [4.69, 9.17) is 0 Å². The summed E-state index contributed by atoms with van der Waals surface area (Å²) in [5.74, 6) is 0.223. The SMILES string of the molecule is CC(C)N1CC[C@]2(CC(=O)N2)C1. The molecule has 68 valence electrons. The highest BCUT2D eigenvalue weighted by molar-refractivity contribution is 5.85. The zero-order chi connectivity index (χ0) is 8.77. The van der Waals surface area contributed by atoms with Crippen LogP contribution in [0, 0.1) is 0 Å². The number of hydrogen-bond acceptors (Lipinski definition) is 2. The van der Waals surface area contributed by atoms with Crippen molar-refractivity contribution >= 4 is 5.91 Å². The molecule has 12 heavy (non-hydrogen) atoms. The summed E-state index contributed by atoms with van der Waals surface area (Å²) in [6.45, 7) is 6.60. The number of amides is 1. The van der Waals surface area contributed by atoms with Gasteiger partial charge in [-0.05, 0) is 20.3 Å². The molecule has 2 saturated heterocycles. The van der Waals surface area contributed by atoms with Gasteiger partial charge >= 0.3 is 0 Å². The van der Waals surface area contributed by atoms with Crippen LogP contribution < -0.4 is 5.32 Å². The number of carbonyl (C=O) groups is 1. The maximum absolute atomic E-state index is 10.8. The second-order valence-electron chi connectivity index (χ2n) is 4.32. The van der Waals surface area contributed by atoms with E-state index in [1.165, 1.54) is 0 Å². The lowest BCUT2D eigenvalue weighted by atomic mass is 9.86. The van der Waals surface area contributed by atoms with Crippen LogP contribution in [0.25, 0.3) is 0 Å². The third-order valence-corrected chi connectivity index (χ3v) is 3.02. The molecular formula is C9H16N2O. The molecule has 0 bridgehead atoms. The summed E-state index contributed by atoms with van der Waals surface area (Å²) in [6, 6.07) is 0.613. The minimum Gasteiger partial charge on any atom is -0.349 e. The van der Waals surface area contributed by atoms with Gasteiger partial charge in [0.2, 0.25) is 5.91 Å². The highest BCUT2D eigenvalue weighted by Gasteiger charge is 2.47. The van der Waals surface area contributed by atoms with Gasteiger partial charge in [0.25, 0.3) is 0 Å². The van der Waals surface area contributed by atoms with Gasteiger partial charge in [-0.1, -0.05) is 0 Å². The number of rotatable bonds is 1. The molecule has 0 aromatic carbocycles. The van der Waals surface area contributed by atoms with Crippen molar-refractivity contribution in [2.24, 2.45) is 0 Å². The Kier molecular flexibility index (Phi) is 1.65. The van der Waals surface area contributed by atoms with E-state index >= 15 is 0 Å². The Bertz CT molecular complexity index is 205. The highest BCUT2D eigenvalue weighted by atomic mass is 16.2. The van der Waals surface area contributed by atoms with Gasteiger partial charge in [-0.2, -0.15) is 0 Å². The zero-order valence-electron chi connectivity index (χ0n) is 7.76. The van der Waals surface area contributed by atoms with Crippen LogP contribution in [0.1, 0.15) is 26.7 Å². The van der Waals surface area contributed by atoms with E-state index in [9.17, 15) is 4.79 Å². The average Bonchev–Trinajstić information content (AvgIpc) is 2.31. The summed E-state index contributed by atoms with van der Waals surface area (Å²) in [5.41, 5.74) is 0.168. The van der Waals surface area contributed by atoms with Crippen molar-refractivity contribution in [2.75, 3.05) is 13.1 Å². The first-order valence-corrected chi connectivity index (χ1v) is 4.66. The fourth-order valence-electron chi connectivity index (χ4n) is 2.18. The van der Waals surface area contributed by atoms with Gasteiger partial charge in [-0.3, -0.25) is 9.69 Å². The van der Waals surface area contributed by atoms with Gasteiger partial charge in [0, 0.05) is 19.1 Å². The summed E-state index contributed by atoms with van der Waals surface area (Å²) in [7, 11) is 0. The minimum absolute atomic E-state index is 0.168. The van der Waals surface area contributed by atoms with Crippen LogP contribution in [0.15, 0.2) is 0 Å². The third kappa shape index (κ3) is 1.12. The standard InChI is InChI=1S/C9H16N2O/c1-7(2)11-4-3-9(6-11)5-8(12)10-9/h7H,3-6H2,1-2H3,(H,10,12)/t9-/m0/s1. The van der Waals surface area contributed by atoms with E-state index in [1.807, 2.05) is 0 Å². The molecule has 0 saturated carbocycles. The van der Waals surface area contributed by atoms with Crippen LogP contribution in [-0.2, 0) is 4.79 Å². The Morgan fingerprint density at radius 3 is 2.67 bits per heavy atom. The van der Waals surface area contributed by atoms with Crippen LogP contribution in [0.2, 0.25) is 0 Å². The molecule has 2 rings (SSSR count). The first kappa shape index (κ1) is 8.05. The third-order valence-electron chi connectivity index (χ3n) is 3.02. The number of nitrogens with one attached hydrogen (secondary N) is 1. The Balaban J connectivity index is 1.94. The fourth-order valence-corrected chi connectivity index (χ4v) is 2.18. The molecule has 0 aromatic heterocycles. The first-order valence-electron chi connectivity index (χ1n) is 4.66. The van der Waals surface area contributed by atoms with Crippen molar-refractivity contribution in [1.82, 2.24) is 10.2 Å². The molecule has 1 spiro atoms. The van der Waals surface area contributed by atoms with Gasteiger partial charge in [0.1, 0.15) is 0 Å². The summed E-state index contributed by atoms with van der Waals surface area (Å²) >= 11 is 0. The van der Waals surface area contributed by atoms with E-state index in [0.29, 0.717) is 6.04 Å². The number of hydrogen-bond donors (Lipinski definition) is 1. The monoisotopic (exact) mass is 168 g/mol. The van der Waals surface area contributed by atoms with Gasteiger partial charge in [0.05, 0.1) is 12.0 Å². The Labute approximate surface area is 73.1 Å². The minimum atomic E-state index is 0.168.